The predicted molar refractivity (Wildman–Crippen MR) is 134 cm³/mol. The quantitative estimate of drug-likeness (QED) is 0.527. The van der Waals surface area contributed by atoms with Crippen molar-refractivity contribution in [1.82, 2.24) is 4.90 Å². The van der Waals surface area contributed by atoms with E-state index in [1.165, 1.54) is 40.0 Å². The molecule has 2 aromatic carbocycles. The van der Waals surface area contributed by atoms with Gasteiger partial charge in [0.25, 0.3) is 11.8 Å². The van der Waals surface area contributed by atoms with Gasteiger partial charge in [0, 0.05) is 13.2 Å². The smallest absolute Gasteiger partial charge is 0.264 e. The fourth-order valence-electron chi connectivity index (χ4n) is 3.66. The van der Waals surface area contributed by atoms with Gasteiger partial charge in [-0.05, 0) is 50.6 Å². The van der Waals surface area contributed by atoms with E-state index < -0.39 is 39.4 Å². The fourth-order valence-corrected chi connectivity index (χ4v) is 4.57. The molecule has 0 unspecified atom stereocenters. The summed E-state index contributed by atoms with van der Waals surface area (Å²) in [6.45, 7) is 6.47. The summed E-state index contributed by atoms with van der Waals surface area (Å²) in [6, 6.07) is 8.18. The molecule has 1 aliphatic heterocycles. The van der Waals surface area contributed by atoms with Crippen LogP contribution in [0.2, 0.25) is 0 Å². The number of sulfone groups is 1. The Labute approximate surface area is 210 Å². The zero-order chi connectivity index (χ0) is 27.2. The molecule has 1 N–H and O–H groups in total. The number of benzene rings is 2. The normalized spacial score (nSPS) is 13.3. The number of hydrogen-bond donors (Lipinski definition) is 1. The molecule has 0 radical (unpaired) electrons. The fraction of sp³-hybridized carbons (Fsp3) is 0.360. The third kappa shape index (κ3) is 6.91. The first kappa shape index (κ1) is 28.5. The lowest BCUT2D eigenvalue weighted by Gasteiger charge is -2.27. The third-order valence-corrected chi connectivity index (χ3v) is 5.82. The number of hydrogen-bond acceptors (Lipinski definition) is 8. The highest BCUT2D eigenvalue weighted by atomic mass is 32.2. The Morgan fingerprint density at radius 1 is 1.03 bits per heavy atom. The second-order valence-electron chi connectivity index (χ2n) is 8.25. The highest BCUT2D eigenvalue weighted by Crippen LogP contribution is 2.38. The van der Waals surface area contributed by atoms with Gasteiger partial charge in [0.1, 0.15) is 15.6 Å². The van der Waals surface area contributed by atoms with Crippen molar-refractivity contribution in [2.45, 2.75) is 33.7 Å². The van der Waals surface area contributed by atoms with Gasteiger partial charge in [-0.25, -0.2) is 8.42 Å². The average molecular weight is 519 g/mol. The van der Waals surface area contributed by atoms with E-state index in [1.54, 1.807) is 31.2 Å². The minimum Gasteiger partial charge on any atom is -0.493 e. The molecule has 0 spiro atoms. The van der Waals surface area contributed by atoms with Gasteiger partial charge in [-0.15, -0.1) is 0 Å². The number of nitrogens with zero attached hydrogens (tertiary/aromatic N) is 1. The summed E-state index contributed by atoms with van der Waals surface area (Å²) in [5.41, 5.74) is 0.719. The maximum absolute atomic E-state index is 13.3. The molecule has 1 heterocycles. The molecule has 11 heteroatoms. The molecule has 0 saturated heterocycles. The van der Waals surface area contributed by atoms with Crippen LogP contribution in [0.15, 0.2) is 36.4 Å². The summed E-state index contributed by atoms with van der Waals surface area (Å²) < 4.78 is 35.3. The van der Waals surface area contributed by atoms with Crippen LogP contribution in [0.5, 0.6) is 11.5 Å². The van der Waals surface area contributed by atoms with Crippen molar-refractivity contribution in [1.29, 1.82) is 0 Å². The second-order valence-corrected chi connectivity index (χ2v) is 10.4. The molecule has 0 aromatic heterocycles. The number of amides is 3. The topological polar surface area (TPSA) is 136 Å². The van der Waals surface area contributed by atoms with Crippen molar-refractivity contribution in [2.75, 3.05) is 31.0 Å². The van der Waals surface area contributed by atoms with Crippen LogP contribution in [0.1, 0.15) is 60.0 Å². The van der Waals surface area contributed by atoms with Crippen LogP contribution >= 0.6 is 0 Å². The summed E-state index contributed by atoms with van der Waals surface area (Å²) in [4.78, 5) is 48.5. The van der Waals surface area contributed by atoms with E-state index >= 15 is 0 Å². The minimum absolute atomic E-state index is 0.0322. The molecule has 36 heavy (non-hydrogen) atoms. The van der Waals surface area contributed by atoms with Crippen LogP contribution in [0.3, 0.4) is 0 Å². The van der Waals surface area contributed by atoms with Gasteiger partial charge in [-0.1, -0.05) is 12.1 Å². The molecule has 0 bridgehead atoms. The van der Waals surface area contributed by atoms with E-state index in [0.29, 0.717) is 23.7 Å². The van der Waals surface area contributed by atoms with Gasteiger partial charge in [-0.2, -0.15) is 0 Å². The molecule has 1 aliphatic rings. The van der Waals surface area contributed by atoms with Crippen LogP contribution in [-0.2, 0) is 19.4 Å². The molecule has 10 nitrogen and oxygen atoms in total. The van der Waals surface area contributed by atoms with Crippen molar-refractivity contribution >= 4 is 39.0 Å². The number of Topliss-reactive ketones (excluding diaryl/α,β-unsaturated/α-hetero) is 1. The largest absolute Gasteiger partial charge is 0.493 e. The summed E-state index contributed by atoms with van der Waals surface area (Å²) in [7, 11) is -2.13. The first-order valence-corrected chi connectivity index (χ1v) is 13.1. The molecular weight excluding hydrogens is 488 g/mol. The number of carbonyl (C=O) groups excluding carboxylic acids is 4. The predicted octanol–water partition coefficient (Wildman–Crippen LogP) is 3.03. The van der Waals surface area contributed by atoms with E-state index in [0.717, 1.165) is 11.2 Å². The molecule has 194 valence electrons. The van der Waals surface area contributed by atoms with Gasteiger partial charge in [0.05, 0.1) is 42.3 Å². The van der Waals surface area contributed by atoms with Crippen molar-refractivity contribution in [3.8, 4) is 11.5 Å². The number of anilines is 1. The molecular formula is C25H30N2O8S. The van der Waals surface area contributed by atoms with Crippen molar-refractivity contribution in [2.24, 2.45) is 0 Å². The van der Waals surface area contributed by atoms with Gasteiger partial charge in [0.2, 0.25) is 5.91 Å². The minimum atomic E-state index is -3.60. The van der Waals surface area contributed by atoms with Gasteiger partial charge in [0.15, 0.2) is 11.5 Å². The Balaban J connectivity index is 0.00000106. The van der Waals surface area contributed by atoms with Crippen molar-refractivity contribution in [3.63, 3.8) is 0 Å². The summed E-state index contributed by atoms with van der Waals surface area (Å²) in [5, 5.41) is 2.55. The maximum atomic E-state index is 13.3. The standard InChI is InChI=1S/C22H24N2O7S.C3H6O/c1-5-31-19-11-14(9-10-18(19)30-3)17(12-32(4,28)29)24-21(26)15-7-6-8-16(23-13(2)25)20(15)22(24)27;1-3(2)4/h6-11,17H,5,12H2,1-4H3,(H,23,25);1-2H3/t17-;/m1./s1. The van der Waals surface area contributed by atoms with Crippen LogP contribution in [0.4, 0.5) is 5.69 Å². The van der Waals surface area contributed by atoms with E-state index in [2.05, 4.69) is 5.32 Å². The zero-order valence-electron chi connectivity index (χ0n) is 21.1. The van der Waals surface area contributed by atoms with E-state index in [-0.39, 0.29) is 22.6 Å². The number of methoxy groups -OCH3 is 1. The van der Waals surface area contributed by atoms with E-state index in [9.17, 15) is 27.6 Å². The van der Waals surface area contributed by atoms with Crippen molar-refractivity contribution in [3.05, 3.63) is 53.1 Å². The highest BCUT2D eigenvalue weighted by Gasteiger charge is 2.43. The molecule has 0 fully saturated rings. The Morgan fingerprint density at radius 3 is 2.19 bits per heavy atom. The number of ether oxygens (including phenoxy) is 2. The summed E-state index contributed by atoms with van der Waals surface area (Å²) >= 11 is 0. The first-order chi connectivity index (χ1) is 16.8. The van der Waals surface area contributed by atoms with E-state index in [1.807, 2.05) is 0 Å². The molecule has 1 atom stereocenters. The number of rotatable bonds is 8. The van der Waals surface area contributed by atoms with Crippen LogP contribution in [0, 0.1) is 0 Å². The lowest BCUT2D eigenvalue weighted by atomic mass is 10.1. The molecule has 0 aliphatic carbocycles. The molecule has 3 rings (SSSR count). The average Bonchev–Trinajstić information content (AvgIpc) is 3.02. The Hall–Kier alpha value is -3.73. The Bertz CT molecular complexity index is 1280. The monoisotopic (exact) mass is 518 g/mol. The van der Waals surface area contributed by atoms with Crippen molar-refractivity contribution < 1.29 is 37.1 Å². The van der Waals surface area contributed by atoms with Crippen LogP contribution < -0.4 is 14.8 Å². The van der Waals surface area contributed by atoms with Gasteiger partial charge < -0.3 is 19.6 Å². The number of fused-ring (bicyclic) bond motifs is 1. The number of carbonyl (C=O) groups is 4. The Kier molecular flexibility index (Phi) is 9.35. The highest BCUT2D eigenvalue weighted by molar-refractivity contribution is 7.90. The van der Waals surface area contributed by atoms with Crippen LogP contribution in [-0.4, -0.2) is 62.5 Å². The SMILES string of the molecule is CC(C)=O.CCOc1cc([C@@H](CS(C)(=O)=O)N2C(=O)c3cccc(NC(C)=O)c3C2=O)ccc1OC. The Morgan fingerprint density at radius 2 is 1.67 bits per heavy atom. The van der Waals surface area contributed by atoms with Crippen LogP contribution in [0.25, 0.3) is 0 Å². The zero-order valence-corrected chi connectivity index (χ0v) is 21.9. The summed E-state index contributed by atoms with van der Waals surface area (Å²) in [5.74, 6) is -1.24. The first-order valence-electron chi connectivity index (χ1n) is 11.0. The second kappa shape index (κ2) is 11.8. The number of imide groups is 1. The van der Waals surface area contributed by atoms with E-state index in [4.69, 9.17) is 9.47 Å². The number of nitrogens with one attached hydrogen (secondary N) is 1. The molecule has 3 amide bonds. The third-order valence-electron chi connectivity index (χ3n) is 4.90. The molecule has 2 aromatic rings. The molecule has 0 saturated carbocycles. The summed E-state index contributed by atoms with van der Waals surface area (Å²) in [6.07, 6.45) is 1.04. The lowest BCUT2D eigenvalue weighted by Crippen LogP contribution is -2.37. The number of ketones is 1. The maximum Gasteiger partial charge on any atom is 0.264 e. The van der Waals surface area contributed by atoms with Gasteiger partial charge >= 0.3 is 0 Å². The van der Waals surface area contributed by atoms with Gasteiger partial charge in [-0.3, -0.25) is 19.3 Å². The lowest BCUT2D eigenvalue weighted by molar-refractivity contribution is -0.115.